The molecule has 1 heterocycles. The SMILES string of the molecule is CCCc1oc(-c2ccccc2)cc(=O)c1C(=O)Nc1c(CC)cccc1CC. The van der Waals surface area contributed by atoms with Crippen molar-refractivity contribution in [1.29, 1.82) is 0 Å². The van der Waals surface area contributed by atoms with E-state index >= 15 is 0 Å². The standard InChI is InChI=1S/C25H27NO3/c1-4-11-21-23(20(27)16-22(29-21)19-12-8-7-9-13-19)25(28)26-24-17(5-2)14-10-15-18(24)6-3/h7-10,12-16H,4-6,11H2,1-3H3,(H,26,28). The Balaban J connectivity index is 2.05. The zero-order chi connectivity index (χ0) is 20.8. The van der Waals surface area contributed by atoms with Crippen molar-refractivity contribution in [1.82, 2.24) is 0 Å². The molecule has 3 rings (SSSR count). The molecule has 1 aromatic heterocycles. The minimum absolute atomic E-state index is 0.0968. The van der Waals surface area contributed by atoms with Crippen LogP contribution < -0.4 is 10.7 Å². The van der Waals surface area contributed by atoms with E-state index in [1.165, 1.54) is 6.07 Å². The molecule has 0 aliphatic rings. The molecule has 0 fully saturated rings. The highest BCUT2D eigenvalue weighted by atomic mass is 16.3. The van der Waals surface area contributed by atoms with Gasteiger partial charge < -0.3 is 9.73 Å². The predicted molar refractivity (Wildman–Crippen MR) is 118 cm³/mol. The number of aryl methyl sites for hydroxylation is 3. The summed E-state index contributed by atoms with van der Waals surface area (Å²) in [6, 6.07) is 16.9. The van der Waals surface area contributed by atoms with E-state index in [0.717, 1.165) is 41.6 Å². The van der Waals surface area contributed by atoms with E-state index in [4.69, 9.17) is 4.42 Å². The Hall–Kier alpha value is -3.14. The number of rotatable bonds is 7. The van der Waals surface area contributed by atoms with Gasteiger partial charge in [0.05, 0.1) is 0 Å². The van der Waals surface area contributed by atoms with Gasteiger partial charge in [-0.3, -0.25) is 9.59 Å². The van der Waals surface area contributed by atoms with Gasteiger partial charge in [-0.15, -0.1) is 0 Å². The molecule has 150 valence electrons. The topological polar surface area (TPSA) is 59.3 Å². The van der Waals surface area contributed by atoms with Crippen molar-refractivity contribution in [3.63, 3.8) is 0 Å². The van der Waals surface area contributed by atoms with Crippen LogP contribution in [0.1, 0.15) is 54.4 Å². The van der Waals surface area contributed by atoms with Crippen molar-refractivity contribution in [3.8, 4) is 11.3 Å². The molecule has 0 spiro atoms. The van der Waals surface area contributed by atoms with Gasteiger partial charge in [0.15, 0.2) is 5.43 Å². The van der Waals surface area contributed by atoms with Gasteiger partial charge in [-0.2, -0.15) is 0 Å². The highest BCUT2D eigenvalue weighted by Crippen LogP contribution is 2.25. The molecule has 0 unspecified atom stereocenters. The van der Waals surface area contributed by atoms with E-state index in [1.807, 2.05) is 55.5 Å². The molecule has 29 heavy (non-hydrogen) atoms. The Morgan fingerprint density at radius 3 is 2.17 bits per heavy atom. The van der Waals surface area contributed by atoms with E-state index in [9.17, 15) is 9.59 Å². The summed E-state index contributed by atoms with van der Waals surface area (Å²) in [4.78, 5) is 26.1. The van der Waals surface area contributed by atoms with Crippen LogP contribution in [0.5, 0.6) is 0 Å². The number of hydrogen-bond donors (Lipinski definition) is 1. The zero-order valence-electron chi connectivity index (χ0n) is 17.2. The lowest BCUT2D eigenvalue weighted by Gasteiger charge is -2.15. The summed E-state index contributed by atoms with van der Waals surface area (Å²) in [6.45, 7) is 6.10. The van der Waals surface area contributed by atoms with Crippen LogP contribution in [0.3, 0.4) is 0 Å². The second kappa shape index (κ2) is 9.37. The number of benzene rings is 2. The quantitative estimate of drug-likeness (QED) is 0.569. The maximum Gasteiger partial charge on any atom is 0.263 e. The molecule has 1 amide bonds. The van der Waals surface area contributed by atoms with Crippen LogP contribution in [0.4, 0.5) is 5.69 Å². The minimum atomic E-state index is -0.405. The van der Waals surface area contributed by atoms with Gasteiger partial charge in [0.25, 0.3) is 5.91 Å². The molecule has 2 aromatic carbocycles. The Morgan fingerprint density at radius 2 is 1.59 bits per heavy atom. The zero-order valence-corrected chi connectivity index (χ0v) is 17.2. The van der Waals surface area contributed by atoms with Crippen LogP contribution in [-0.4, -0.2) is 5.91 Å². The van der Waals surface area contributed by atoms with Gasteiger partial charge in [-0.05, 0) is 30.4 Å². The van der Waals surface area contributed by atoms with E-state index in [0.29, 0.717) is 17.9 Å². The summed E-state index contributed by atoms with van der Waals surface area (Å²) in [7, 11) is 0. The molecular weight excluding hydrogens is 362 g/mol. The molecule has 0 saturated heterocycles. The molecule has 0 atom stereocenters. The molecule has 0 saturated carbocycles. The van der Waals surface area contributed by atoms with Gasteiger partial charge in [-0.1, -0.05) is 69.3 Å². The van der Waals surface area contributed by atoms with Gasteiger partial charge in [0.2, 0.25) is 0 Å². The first-order valence-electron chi connectivity index (χ1n) is 10.2. The maximum absolute atomic E-state index is 13.1. The summed E-state index contributed by atoms with van der Waals surface area (Å²) in [6.07, 6.45) is 2.89. The van der Waals surface area contributed by atoms with Crippen molar-refractivity contribution >= 4 is 11.6 Å². The number of amides is 1. The third-order valence-electron chi connectivity index (χ3n) is 5.02. The van der Waals surface area contributed by atoms with Gasteiger partial charge in [-0.25, -0.2) is 0 Å². The van der Waals surface area contributed by atoms with Crippen LogP contribution in [0.2, 0.25) is 0 Å². The number of carbonyl (C=O) groups is 1. The van der Waals surface area contributed by atoms with Crippen molar-refractivity contribution in [3.05, 3.63) is 87.3 Å². The van der Waals surface area contributed by atoms with Crippen LogP contribution in [-0.2, 0) is 19.3 Å². The average Bonchev–Trinajstić information content (AvgIpc) is 2.74. The molecule has 0 bridgehead atoms. The largest absolute Gasteiger partial charge is 0.460 e. The summed E-state index contributed by atoms with van der Waals surface area (Å²) in [5.74, 6) is 0.514. The number of anilines is 1. The first kappa shape index (κ1) is 20.6. The van der Waals surface area contributed by atoms with Gasteiger partial charge >= 0.3 is 0 Å². The number of hydrogen-bond acceptors (Lipinski definition) is 3. The third-order valence-corrected chi connectivity index (χ3v) is 5.02. The molecule has 4 nitrogen and oxygen atoms in total. The Kier molecular flexibility index (Phi) is 6.65. The first-order chi connectivity index (χ1) is 14.1. The second-order valence-corrected chi connectivity index (χ2v) is 7.00. The summed E-state index contributed by atoms with van der Waals surface area (Å²) >= 11 is 0. The lowest BCUT2D eigenvalue weighted by molar-refractivity contribution is 0.102. The smallest absolute Gasteiger partial charge is 0.263 e. The van der Waals surface area contributed by atoms with Crippen molar-refractivity contribution in [2.45, 2.75) is 46.5 Å². The highest BCUT2D eigenvalue weighted by Gasteiger charge is 2.21. The maximum atomic E-state index is 13.1. The fourth-order valence-corrected chi connectivity index (χ4v) is 3.51. The van der Waals surface area contributed by atoms with E-state index in [1.54, 1.807) is 0 Å². The molecule has 4 heteroatoms. The number of para-hydroxylation sites is 1. The molecule has 0 aliphatic carbocycles. The Morgan fingerprint density at radius 1 is 0.931 bits per heavy atom. The molecule has 0 radical (unpaired) electrons. The molecular formula is C25H27NO3. The van der Waals surface area contributed by atoms with Crippen LogP contribution in [0, 0.1) is 0 Å². The summed E-state index contributed by atoms with van der Waals surface area (Å²) in [5.41, 5.74) is 3.51. The number of carbonyl (C=O) groups excluding carboxylic acids is 1. The Bertz CT molecular complexity index is 1030. The fraction of sp³-hybridized carbons (Fsp3) is 0.280. The minimum Gasteiger partial charge on any atom is -0.460 e. The lowest BCUT2D eigenvalue weighted by Crippen LogP contribution is -2.24. The summed E-state index contributed by atoms with van der Waals surface area (Å²) in [5, 5.41) is 3.00. The van der Waals surface area contributed by atoms with Crippen LogP contribution in [0.15, 0.2) is 63.8 Å². The summed E-state index contributed by atoms with van der Waals surface area (Å²) < 4.78 is 6.03. The van der Waals surface area contributed by atoms with Crippen molar-refractivity contribution < 1.29 is 9.21 Å². The van der Waals surface area contributed by atoms with Crippen LogP contribution >= 0.6 is 0 Å². The second-order valence-electron chi connectivity index (χ2n) is 7.00. The Labute approximate surface area is 171 Å². The normalized spacial score (nSPS) is 10.7. The average molecular weight is 389 g/mol. The van der Waals surface area contributed by atoms with Gasteiger partial charge in [0, 0.05) is 23.7 Å². The third kappa shape index (κ3) is 4.48. The first-order valence-corrected chi connectivity index (χ1v) is 10.2. The van der Waals surface area contributed by atoms with E-state index < -0.39 is 5.91 Å². The lowest BCUT2D eigenvalue weighted by atomic mass is 10.0. The highest BCUT2D eigenvalue weighted by molar-refractivity contribution is 6.05. The van der Waals surface area contributed by atoms with Crippen molar-refractivity contribution in [2.75, 3.05) is 5.32 Å². The van der Waals surface area contributed by atoms with E-state index in [-0.39, 0.29) is 11.0 Å². The van der Waals surface area contributed by atoms with Crippen LogP contribution in [0.25, 0.3) is 11.3 Å². The van der Waals surface area contributed by atoms with Crippen molar-refractivity contribution in [2.24, 2.45) is 0 Å². The predicted octanol–water partition coefficient (Wildman–Crippen LogP) is 5.64. The molecule has 1 N–H and O–H groups in total. The van der Waals surface area contributed by atoms with E-state index in [2.05, 4.69) is 19.2 Å². The molecule has 0 aliphatic heterocycles. The monoisotopic (exact) mass is 389 g/mol. The van der Waals surface area contributed by atoms with Gasteiger partial charge in [0.1, 0.15) is 17.1 Å². The molecule has 3 aromatic rings. The fourth-order valence-electron chi connectivity index (χ4n) is 3.51. The number of nitrogens with one attached hydrogen (secondary N) is 1.